The monoisotopic (exact) mass is 316 g/mol. The molecule has 1 N–H and O–H groups in total. The fourth-order valence-electron chi connectivity index (χ4n) is 3.65. The first-order valence-electron chi connectivity index (χ1n) is 7.66. The highest BCUT2D eigenvalue weighted by atomic mass is 32.2. The van der Waals surface area contributed by atoms with E-state index in [4.69, 9.17) is 4.99 Å². The van der Waals surface area contributed by atoms with Crippen molar-refractivity contribution in [2.75, 3.05) is 17.3 Å². The lowest BCUT2D eigenvalue weighted by molar-refractivity contribution is 0.242. The maximum absolute atomic E-state index is 11.4. The second kappa shape index (κ2) is 5.52. The summed E-state index contributed by atoms with van der Waals surface area (Å²) in [6.07, 6.45) is 6.54. The third-order valence-corrected chi connectivity index (χ3v) is 7.67. The second-order valence-corrected chi connectivity index (χ2v) is 9.98. The fourth-order valence-corrected chi connectivity index (χ4v) is 6.38. The Balaban J connectivity index is 1.61. The molecule has 1 spiro atoms. The summed E-state index contributed by atoms with van der Waals surface area (Å²) >= 11 is 1.83. The van der Waals surface area contributed by atoms with Gasteiger partial charge in [-0.15, -0.1) is 0 Å². The molecule has 0 amide bonds. The van der Waals surface area contributed by atoms with Crippen molar-refractivity contribution in [1.82, 2.24) is 5.32 Å². The van der Waals surface area contributed by atoms with Crippen molar-refractivity contribution < 1.29 is 8.42 Å². The van der Waals surface area contributed by atoms with Crippen LogP contribution in [-0.4, -0.2) is 42.4 Å². The van der Waals surface area contributed by atoms with Crippen molar-refractivity contribution in [3.05, 3.63) is 0 Å². The molecule has 0 aromatic rings. The van der Waals surface area contributed by atoms with Crippen molar-refractivity contribution in [1.29, 1.82) is 0 Å². The molecule has 0 bridgehead atoms. The number of nitrogens with zero attached hydrogens (tertiary/aromatic N) is 1. The summed E-state index contributed by atoms with van der Waals surface area (Å²) in [5.74, 6) is 2.54. The van der Waals surface area contributed by atoms with Gasteiger partial charge >= 0.3 is 0 Å². The Kier molecular flexibility index (Phi) is 4.06. The highest BCUT2D eigenvalue weighted by Crippen LogP contribution is 2.39. The SMILES string of the molecule is CC1CCCC2(CSC(=NC3CCS(=O)(=O)CC3)N2)C1. The number of aliphatic imine (C=N–C) groups is 1. The summed E-state index contributed by atoms with van der Waals surface area (Å²) in [5.41, 5.74) is 0.266. The minimum absolute atomic E-state index is 0.199. The Bertz CT molecular complexity index is 489. The predicted octanol–water partition coefficient (Wildman–Crippen LogP) is 2.20. The van der Waals surface area contributed by atoms with Gasteiger partial charge in [-0.25, -0.2) is 8.42 Å². The van der Waals surface area contributed by atoms with Crippen LogP contribution < -0.4 is 5.32 Å². The molecule has 0 aromatic carbocycles. The van der Waals surface area contributed by atoms with Gasteiger partial charge in [-0.3, -0.25) is 4.99 Å². The molecule has 2 saturated heterocycles. The zero-order chi connectivity index (χ0) is 14.2. The molecular weight excluding hydrogens is 292 g/mol. The predicted molar refractivity (Wildman–Crippen MR) is 85.1 cm³/mol. The first-order valence-corrected chi connectivity index (χ1v) is 10.5. The van der Waals surface area contributed by atoms with Gasteiger partial charge < -0.3 is 5.32 Å². The van der Waals surface area contributed by atoms with Crippen molar-refractivity contribution in [3.63, 3.8) is 0 Å². The molecule has 2 atom stereocenters. The minimum Gasteiger partial charge on any atom is -0.359 e. The highest BCUT2D eigenvalue weighted by molar-refractivity contribution is 8.14. The van der Waals surface area contributed by atoms with Gasteiger partial charge in [-0.05, 0) is 31.6 Å². The number of amidine groups is 1. The van der Waals surface area contributed by atoms with Crippen LogP contribution in [0.15, 0.2) is 4.99 Å². The maximum Gasteiger partial charge on any atom is 0.157 e. The Morgan fingerprint density at radius 1 is 1.30 bits per heavy atom. The molecule has 2 heterocycles. The van der Waals surface area contributed by atoms with Crippen molar-refractivity contribution in [2.24, 2.45) is 10.9 Å². The topological polar surface area (TPSA) is 58.5 Å². The Labute approximate surface area is 126 Å². The molecule has 3 aliphatic rings. The van der Waals surface area contributed by atoms with Crippen molar-refractivity contribution in [2.45, 2.75) is 57.0 Å². The van der Waals surface area contributed by atoms with E-state index in [2.05, 4.69) is 12.2 Å². The zero-order valence-corrected chi connectivity index (χ0v) is 13.7. The standard InChI is InChI=1S/C14H24N2O2S2/c1-11-3-2-6-14(9-11)10-19-13(16-14)15-12-4-7-20(17,18)8-5-12/h11-12H,2-10H2,1H3,(H,15,16). The third-order valence-electron chi connectivity index (χ3n) is 4.77. The summed E-state index contributed by atoms with van der Waals surface area (Å²) in [4.78, 5) is 4.78. The Hall–Kier alpha value is -0.230. The zero-order valence-electron chi connectivity index (χ0n) is 12.1. The molecule has 1 aliphatic carbocycles. The molecule has 2 aliphatic heterocycles. The average Bonchev–Trinajstić information content (AvgIpc) is 2.74. The van der Waals surface area contributed by atoms with Gasteiger partial charge in [-0.1, -0.05) is 31.5 Å². The maximum atomic E-state index is 11.4. The van der Waals surface area contributed by atoms with Crippen LogP contribution in [0.4, 0.5) is 0 Å². The molecule has 1 saturated carbocycles. The van der Waals surface area contributed by atoms with Gasteiger partial charge in [0.2, 0.25) is 0 Å². The van der Waals surface area contributed by atoms with E-state index in [0.717, 1.165) is 16.8 Å². The van der Waals surface area contributed by atoms with Crippen LogP contribution in [0.3, 0.4) is 0 Å². The van der Waals surface area contributed by atoms with Gasteiger partial charge in [0.05, 0.1) is 17.5 Å². The lowest BCUT2D eigenvalue weighted by atomic mass is 9.78. The van der Waals surface area contributed by atoms with E-state index < -0.39 is 9.84 Å². The molecule has 3 rings (SSSR count). The molecule has 2 unspecified atom stereocenters. The van der Waals surface area contributed by atoms with Crippen LogP contribution in [0.1, 0.15) is 45.4 Å². The summed E-state index contributed by atoms with van der Waals surface area (Å²) in [6, 6.07) is 0.199. The summed E-state index contributed by atoms with van der Waals surface area (Å²) in [5, 5.41) is 4.73. The van der Waals surface area contributed by atoms with Crippen LogP contribution >= 0.6 is 11.8 Å². The molecule has 20 heavy (non-hydrogen) atoms. The van der Waals surface area contributed by atoms with E-state index in [0.29, 0.717) is 24.3 Å². The van der Waals surface area contributed by atoms with Gasteiger partial charge in [0.1, 0.15) is 9.84 Å². The molecule has 3 fully saturated rings. The summed E-state index contributed by atoms with van der Waals surface area (Å²) < 4.78 is 22.9. The van der Waals surface area contributed by atoms with E-state index in [1.807, 2.05) is 11.8 Å². The van der Waals surface area contributed by atoms with Crippen LogP contribution in [0, 0.1) is 5.92 Å². The van der Waals surface area contributed by atoms with E-state index in [1.54, 1.807) is 0 Å². The quantitative estimate of drug-likeness (QED) is 0.806. The Morgan fingerprint density at radius 3 is 2.75 bits per heavy atom. The van der Waals surface area contributed by atoms with Crippen LogP contribution in [0.2, 0.25) is 0 Å². The van der Waals surface area contributed by atoms with Gasteiger partial charge in [0, 0.05) is 11.3 Å². The van der Waals surface area contributed by atoms with Crippen molar-refractivity contribution in [3.8, 4) is 0 Å². The average molecular weight is 316 g/mol. The van der Waals surface area contributed by atoms with E-state index in [-0.39, 0.29) is 11.6 Å². The highest BCUT2D eigenvalue weighted by Gasteiger charge is 2.40. The number of rotatable bonds is 1. The molecule has 114 valence electrons. The van der Waals surface area contributed by atoms with Crippen LogP contribution in [0.5, 0.6) is 0 Å². The summed E-state index contributed by atoms with van der Waals surface area (Å²) in [6.45, 7) is 2.34. The lowest BCUT2D eigenvalue weighted by Crippen LogP contribution is -2.47. The second-order valence-electron chi connectivity index (χ2n) is 6.71. The normalized spacial score (nSPS) is 40.0. The first kappa shape index (κ1) is 14.7. The van der Waals surface area contributed by atoms with Gasteiger partial charge in [-0.2, -0.15) is 0 Å². The molecular formula is C14H24N2O2S2. The minimum atomic E-state index is -2.78. The van der Waals surface area contributed by atoms with Crippen molar-refractivity contribution >= 4 is 26.8 Å². The first-order chi connectivity index (χ1) is 9.46. The van der Waals surface area contributed by atoms with Crippen LogP contribution in [0.25, 0.3) is 0 Å². The largest absolute Gasteiger partial charge is 0.359 e. The van der Waals surface area contributed by atoms with Gasteiger partial charge in [0.15, 0.2) is 5.17 Å². The molecule has 0 aromatic heterocycles. The molecule has 4 nitrogen and oxygen atoms in total. The van der Waals surface area contributed by atoms with E-state index in [1.165, 1.54) is 25.7 Å². The summed E-state index contributed by atoms with van der Waals surface area (Å²) in [7, 11) is -2.78. The number of thioether (sulfide) groups is 1. The van der Waals surface area contributed by atoms with Gasteiger partial charge in [0.25, 0.3) is 0 Å². The van der Waals surface area contributed by atoms with Crippen LogP contribution in [-0.2, 0) is 9.84 Å². The molecule has 0 radical (unpaired) electrons. The smallest absolute Gasteiger partial charge is 0.157 e. The number of hydrogen-bond donors (Lipinski definition) is 1. The van der Waals surface area contributed by atoms with E-state index in [9.17, 15) is 8.42 Å². The lowest BCUT2D eigenvalue weighted by Gasteiger charge is -2.36. The number of sulfone groups is 1. The third kappa shape index (κ3) is 3.32. The number of nitrogens with one attached hydrogen (secondary N) is 1. The number of hydrogen-bond acceptors (Lipinski definition) is 4. The Morgan fingerprint density at radius 2 is 2.05 bits per heavy atom. The molecule has 6 heteroatoms. The fraction of sp³-hybridized carbons (Fsp3) is 0.929. The van der Waals surface area contributed by atoms with E-state index >= 15 is 0 Å².